The van der Waals surface area contributed by atoms with E-state index in [2.05, 4.69) is 41.0 Å². The van der Waals surface area contributed by atoms with E-state index < -0.39 is 0 Å². The number of hydrogen-bond donors (Lipinski definition) is 1. The molecule has 2 heterocycles. The summed E-state index contributed by atoms with van der Waals surface area (Å²) < 4.78 is 0. The molecule has 1 aromatic heterocycles. The Morgan fingerprint density at radius 3 is 2.60 bits per heavy atom. The molecule has 4 heteroatoms. The first kappa shape index (κ1) is 15.2. The molecule has 0 aliphatic carbocycles. The fourth-order valence-corrected chi connectivity index (χ4v) is 3.17. The first-order valence-corrected chi connectivity index (χ1v) is 7.87. The van der Waals surface area contributed by atoms with Gasteiger partial charge in [-0.3, -0.25) is 4.90 Å². The van der Waals surface area contributed by atoms with Crippen LogP contribution in [0.5, 0.6) is 0 Å². The number of aryl methyl sites for hydroxylation is 1. The molecule has 2 atom stereocenters. The van der Waals surface area contributed by atoms with Gasteiger partial charge in [0.15, 0.2) is 0 Å². The first-order chi connectivity index (χ1) is 9.56. The fourth-order valence-electron chi connectivity index (χ4n) is 3.17. The maximum Gasteiger partial charge on any atom is 0.144 e. The smallest absolute Gasteiger partial charge is 0.144 e. The zero-order valence-corrected chi connectivity index (χ0v) is 13.3. The molecule has 0 bridgehead atoms. The quantitative estimate of drug-likeness (QED) is 0.897. The normalized spacial score (nSPS) is 23.8. The van der Waals surface area contributed by atoms with Crippen molar-refractivity contribution in [2.45, 2.75) is 47.1 Å². The van der Waals surface area contributed by atoms with Gasteiger partial charge in [0, 0.05) is 31.4 Å². The SMILES string of the molecule is CCCNc1cc(C)nc(CN2CC(C)CC(C)C2)n1. The molecule has 1 N–H and O–H groups in total. The molecule has 112 valence electrons. The number of anilines is 1. The molecule has 0 spiro atoms. The average molecular weight is 276 g/mol. The Labute approximate surface area is 123 Å². The lowest BCUT2D eigenvalue weighted by Crippen LogP contribution is -2.38. The Kier molecular flexibility index (Phi) is 5.35. The van der Waals surface area contributed by atoms with Crippen molar-refractivity contribution in [3.05, 3.63) is 17.6 Å². The highest BCUT2D eigenvalue weighted by Gasteiger charge is 2.22. The zero-order valence-electron chi connectivity index (χ0n) is 13.3. The summed E-state index contributed by atoms with van der Waals surface area (Å²) in [6, 6.07) is 2.03. The third-order valence-corrected chi connectivity index (χ3v) is 3.77. The van der Waals surface area contributed by atoms with Gasteiger partial charge in [0.1, 0.15) is 11.6 Å². The molecule has 4 nitrogen and oxygen atoms in total. The predicted octanol–water partition coefficient (Wildman–Crippen LogP) is 3.08. The fraction of sp³-hybridized carbons (Fsp3) is 0.750. The van der Waals surface area contributed by atoms with E-state index >= 15 is 0 Å². The van der Waals surface area contributed by atoms with Gasteiger partial charge in [0.05, 0.1) is 6.54 Å². The lowest BCUT2D eigenvalue weighted by molar-refractivity contribution is 0.131. The Bertz CT molecular complexity index is 422. The Morgan fingerprint density at radius 1 is 1.25 bits per heavy atom. The van der Waals surface area contributed by atoms with Gasteiger partial charge in [-0.25, -0.2) is 9.97 Å². The molecule has 1 aromatic rings. The van der Waals surface area contributed by atoms with E-state index in [9.17, 15) is 0 Å². The second-order valence-electron chi connectivity index (χ2n) is 6.38. The van der Waals surface area contributed by atoms with Crippen molar-refractivity contribution in [3.8, 4) is 0 Å². The van der Waals surface area contributed by atoms with Crippen LogP contribution in [0.4, 0.5) is 5.82 Å². The molecule has 1 aliphatic rings. The van der Waals surface area contributed by atoms with E-state index in [1.54, 1.807) is 0 Å². The van der Waals surface area contributed by atoms with Crippen molar-refractivity contribution in [2.24, 2.45) is 11.8 Å². The molecule has 20 heavy (non-hydrogen) atoms. The van der Waals surface area contributed by atoms with Crippen molar-refractivity contribution < 1.29 is 0 Å². The lowest BCUT2D eigenvalue weighted by atomic mass is 9.92. The van der Waals surface area contributed by atoms with Gasteiger partial charge in [0.25, 0.3) is 0 Å². The van der Waals surface area contributed by atoms with E-state index in [1.807, 2.05) is 13.0 Å². The van der Waals surface area contributed by atoms with Gasteiger partial charge >= 0.3 is 0 Å². The van der Waals surface area contributed by atoms with Crippen molar-refractivity contribution in [1.82, 2.24) is 14.9 Å². The van der Waals surface area contributed by atoms with E-state index in [1.165, 1.54) is 19.5 Å². The molecule has 1 aliphatic heterocycles. The predicted molar refractivity (Wildman–Crippen MR) is 83.8 cm³/mol. The summed E-state index contributed by atoms with van der Waals surface area (Å²) in [6.07, 6.45) is 2.45. The number of aromatic nitrogens is 2. The number of nitrogens with zero attached hydrogens (tertiary/aromatic N) is 3. The Balaban J connectivity index is 2.02. The minimum absolute atomic E-state index is 0.779. The number of hydrogen-bond acceptors (Lipinski definition) is 4. The number of likely N-dealkylation sites (tertiary alicyclic amines) is 1. The van der Waals surface area contributed by atoms with E-state index in [-0.39, 0.29) is 0 Å². The van der Waals surface area contributed by atoms with Crippen LogP contribution in [0.25, 0.3) is 0 Å². The van der Waals surface area contributed by atoms with Gasteiger partial charge < -0.3 is 5.32 Å². The Hall–Kier alpha value is -1.16. The van der Waals surface area contributed by atoms with Crippen LogP contribution in [-0.4, -0.2) is 34.5 Å². The van der Waals surface area contributed by atoms with Crippen LogP contribution in [0.15, 0.2) is 6.07 Å². The van der Waals surface area contributed by atoms with Crippen LogP contribution >= 0.6 is 0 Å². The first-order valence-electron chi connectivity index (χ1n) is 7.87. The van der Waals surface area contributed by atoms with Crippen LogP contribution in [-0.2, 0) is 6.54 Å². The number of nitrogens with one attached hydrogen (secondary N) is 1. The summed E-state index contributed by atoms with van der Waals surface area (Å²) in [5.41, 5.74) is 1.05. The van der Waals surface area contributed by atoms with Crippen LogP contribution in [0.3, 0.4) is 0 Å². The molecule has 2 unspecified atom stereocenters. The number of rotatable bonds is 5. The summed E-state index contributed by atoms with van der Waals surface area (Å²) >= 11 is 0. The third kappa shape index (κ3) is 4.44. The summed E-state index contributed by atoms with van der Waals surface area (Å²) in [6.45, 7) is 13.1. The van der Waals surface area contributed by atoms with Gasteiger partial charge in [0.2, 0.25) is 0 Å². The molecule has 0 amide bonds. The highest BCUT2D eigenvalue weighted by atomic mass is 15.2. The van der Waals surface area contributed by atoms with Crippen molar-refractivity contribution in [2.75, 3.05) is 25.0 Å². The molecule has 0 saturated carbocycles. The topological polar surface area (TPSA) is 41.1 Å². The zero-order chi connectivity index (χ0) is 14.5. The van der Waals surface area contributed by atoms with Gasteiger partial charge in [-0.15, -0.1) is 0 Å². The lowest BCUT2D eigenvalue weighted by Gasteiger charge is -2.34. The van der Waals surface area contributed by atoms with Crippen LogP contribution in [0, 0.1) is 18.8 Å². The van der Waals surface area contributed by atoms with E-state index in [0.29, 0.717) is 0 Å². The monoisotopic (exact) mass is 276 g/mol. The molecular formula is C16H28N4. The maximum atomic E-state index is 4.65. The van der Waals surface area contributed by atoms with Gasteiger partial charge in [-0.2, -0.15) is 0 Å². The standard InChI is InChI=1S/C16H28N4/c1-5-6-17-15-8-14(4)18-16(19-15)11-20-9-12(2)7-13(3)10-20/h8,12-13H,5-7,9-11H2,1-4H3,(H,17,18,19). The molecular weight excluding hydrogens is 248 g/mol. The van der Waals surface area contributed by atoms with Crippen LogP contribution < -0.4 is 5.32 Å². The maximum absolute atomic E-state index is 4.65. The largest absolute Gasteiger partial charge is 0.370 e. The molecule has 1 saturated heterocycles. The molecule has 1 fully saturated rings. The summed E-state index contributed by atoms with van der Waals surface area (Å²) in [5, 5.41) is 3.36. The minimum atomic E-state index is 0.779. The number of piperidine rings is 1. The Morgan fingerprint density at radius 2 is 1.95 bits per heavy atom. The van der Waals surface area contributed by atoms with Gasteiger partial charge in [-0.05, 0) is 31.6 Å². The third-order valence-electron chi connectivity index (χ3n) is 3.77. The van der Waals surface area contributed by atoms with Crippen LogP contribution in [0.1, 0.15) is 45.1 Å². The van der Waals surface area contributed by atoms with E-state index in [4.69, 9.17) is 0 Å². The van der Waals surface area contributed by atoms with E-state index in [0.717, 1.165) is 48.7 Å². The second kappa shape index (κ2) is 7.02. The summed E-state index contributed by atoms with van der Waals surface area (Å²) in [4.78, 5) is 11.7. The average Bonchev–Trinajstić information content (AvgIpc) is 2.34. The van der Waals surface area contributed by atoms with Crippen molar-refractivity contribution >= 4 is 5.82 Å². The van der Waals surface area contributed by atoms with Crippen molar-refractivity contribution in [3.63, 3.8) is 0 Å². The molecule has 0 aromatic carbocycles. The minimum Gasteiger partial charge on any atom is -0.370 e. The summed E-state index contributed by atoms with van der Waals surface area (Å²) in [5.74, 6) is 3.47. The van der Waals surface area contributed by atoms with Gasteiger partial charge in [-0.1, -0.05) is 20.8 Å². The van der Waals surface area contributed by atoms with Crippen molar-refractivity contribution in [1.29, 1.82) is 0 Å². The van der Waals surface area contributed by atoms with Crippen LogP contribution in [0.2, 0.25) is 0 Å². The molecule has 2 rings (SSSR count). The summed E-state index contributed by atoms with van der Waals surface area (Å²) in [7, 11) is 0. The second-order valence-corrected chi connectivity index (χ2v) is 6.38. The molecule has 0 radical (unpaired) electrons. The highest BCUT2D eigenvalue weighted by Crippen LogP contribution is 2.22. The highest BCUT2D eigenvalue weighted by molar-refractivity contribution is 5.35.